The fourth-order valence-electron chi connectivity index (χ4n) is 2.31. The van der Waals surface area contributed by atoms with Crippen LogP contribution in [0.15, 0.2) is 24.3 Å². The maximum absolute atomic E-state index is 5.64. The van der Waals surface area contributed by atoms with Crippen molar-refractivity contribution >= 4 is 0 Å². The van der Waals surface area contributed by atoms with Crippen LogP contribution in [-0.2, 0) is 13.1 Å². The summed E-state index contributed by atoms with van der Waals surface area (Å²) in [6.07, 6.45) is 0. The third-order valence-corrected chi connectivity index (χ3v) is 3.30. The predicted molar refractivity (Wildman–Crippen MR) is 75.3 cm³/mol. The molecule has 0 saturated carbocycles. The van der Waals surface area contributed by atoms with Gasteiger partial charge in [-0.3, -0.25) is 4.90 Å². The van der Waals surface area contributed by atoms with E-state index in [0.717, 1.165) is 52.4 Å². The van der Waals surface area contributed by atoms with Gasteiger partial charge in [0.15, 0.2) is 0 Å². The Hall–Kier alpha value is -0.940. The van der Waals surface area contributed by atoms with Gasteiger partial charge in [-0.1, -0.05) is 24.3 Å². The smallest absolute Gasteiger partial charge is 0.0206 e. The van der Waals surface area contributed by atoms with Crippen molar-refractivity contribution in [1.29, 1.82) is 0 Å². The number of hydrogen-bond acceptors (Lipinski definition) is 4. The largest absolute Gasteiger partial charge is 0.329 e. The van der Waals surface area contributed by atoms with Crippen LogP contribution in [-0.4, -0.2) is 44.2 Å². The fraction of sp³-hybridized carbons (Fsp3) is 0.571. The molecular weight excluding hydrogens is 224 g/mol. The van der Waals surface area contributed by atoms with E-state index in [-0.39, 0.29) is 0 Å². The summed E-state index contributed by atoms with van der Waals surface area (Å²) >= 11 is 0. The van der Waals surface area contributed by atoms with Crippen LogP contribution in [0.4, 0.5) is 0 Å². The SMILES string of the molecule is NCCN1CCNCc2cccc(c2)CNCC1. The Kier molecular flexibility index (Phi) is 5.61. The Labute approximate surface area is 110 Å². The number of nitrogens with two attached hydrogens (primary N) is 1. The first kappa shape index (κ1) is 13.5. The van der Waals surface area contributed by atoms with Crippen molar-refractivity contribution in [2.75, 3.05) is 39.3 Å². The maximum Gasteiger partial charge on any atom is 0.0206 e. The van der Waals surface area contributed by atoms with Gasteiger partial charge in [-0.05, 0) is 11.1 Å². The molecule has 0 aliphatic carbocycles. The van der Waals surface area contributed by atoms with E-state index < -0.39 is 0 Å². The topological polar surface area (TPSA) is 53.3 Å². The van der Waals surface area contributed by atoms with E-state index in [1.54, 1.807) is 0 Å². The highest BCUT2D eigenvalue weighted by molar-refractivity contribution is 5.23. The first-order valence-corrected chi connectivity index (χ1v) is 6.80. The van der Waals surface area contributed by atoms with Gasteiger partial charge >= 0.3 is 0 Å². The molecule has 0 atom stereocenters. The molecule has 2 rings (SSSR count). The Bertz CT molecular complexity index is 326. The molecule has 1 aromatic carbocycles. The molecule has 0 aromatic heterocycles. The van der Waals surface area contributed by atoms with E-state index in [1.807, 2.05) is 0 Å². The van der Waals surface area contributed by atoms with E-state index in [9.17, 15) is 0 Å². The zero-order valence-electron chi connectivity index (χ0n) is 11.0. The molecule has 4 heteroatoms. The van der Waals surface area contributed by atoms with Crippen LogP contribution in [0, 0.1) is 0 Å². The first-order valence-electron chi connectivity index (χ1n) is 6.80. The summed E-state index contributed by atoms with van der Waals surface area (Å²) in [6, 6.07) is 8.78. The summed E-state index contributed by atoms with van der Waals surface area (Å²) in [5.74, 6) is 0. The summed E-state index contributed by atoms with van der Waals surface area (Å²) in [7, 11) is 0. The molecule has 0 fully saturated rings. The highest BCUT2D eigenvalue weighted by Gasteiger charge is 2.05. The van der Waals surface area contributed by atoms with Crippen molar-refractivity contribution in [3.8, 4) is 0 Å². The van der Waals surface area contributed by atoms with Gasteiger partial charge in [0.1, 0.15) is 0 Å². The lowest BCUT2D eigenvalue weighted by molar-refractivity contribution is 0.278. The van der Waals surface area contributed by atoms with Gasteiger partial charge in [0.25, 0.3) is 0 Å². The second-order valence-corrected chi connectivity index (χ2v) is 4.80. The van der Waals surface area contributed by atoms with Crippen molar-refractivity contribution in [1.82, 2.24) is 15.5 Å². The highest BCUT2D eigenvalue weighted by Crippen LogP contribution is 2.05. The lowest BCUT2D eigenvalue weighted by Crippen LogP contribution is -2.39. The van der Waals surface area contributed by atoms with E-state index in [2.05, 4.69) is 39.8 Å². The third-order valence-electron chi connectivity index (χ3n) is 3.30. The van der Waals surface area contributed by atoms with Crippen LogP contribution in [0.5, 0.6) is 0 Å². The zero-order chi connectivity index (χ0) is 12.6. The number of fused-ring (bicyclic) bond motifs is 2. The molecule has 18 heavy (non-hydrogen) atoms. The van der Waals surface area contributed by atoms with Crippen LogP contribution in [0.3, 0.4) is 0 Å². The second-order valence-electron chi connectivity index (χ2n) is 4.80. The molecule has 0 unspecified atom stereocenters. The molecule has 0 amide bonds. The summed E-state index contributed by atoms with van der Waals surface area (Å²) in [5.41, 5.74) is 8.36. The minimum atomic E-state index is 0.735. The molecule has 4 nitrogen and oxygen atoms in total. The number of nitrogens with one attached hydrogen (secondary N) is 2. The Balaban J connectivity index is 1.94. The molecule has 1 aliphatic rings. The van der Waals surface area contributed by atoms with Gasteiger partial charge < -0.3 is 16.4 Å². The van der Waals surface area contributed by atoms with Crippen molar-refractivity contribution < 1.29 is 0 Å². The number of nitrogens with zero attached hydrogens (tertiary/aromatic N) is 1. The van der Waals surface area contributed by atoms with E-state index in [0.29, 0.717) is 0 Å². The molecule has 0 spiro atoms. The van der Waals surface area contributed by atoms with Crippen molar-refractivity contribution in [3.05, 3.63) is 35.4 Å². The molecular formula is C14H24N4. The monoisotopic (exact) mass is 248 g/mol. The van der Waals surface area contributed by atoms with E-state index >= 15 is 0 Å². The molecule has 1 heterocycles. The standard InChI is InChI=1S/C14H24N4/c15-4-7-18-8-5-16-11-13-2-1-3-14(10-13)12-17-6-9-18/h1-3,10,16-17H,4-9,11-12,15H2. The highest BCUT2D eigenvalue weighted by atomic mass is 15.2. The van der Waals surface area contributed by atoms with Crippen molar-refractivity contribution in [3.63, 3.8) is 0 Å². The minimum absolute atomic E-state index is 0.735. The molecule has 0 radical (unpaired) electrons. The van der Waals surface area contributed by atoms with Crippen LogP contribution in [0.1, 0.15) is 11.1 Å². The molecule has 2 bridgehead atoms. The fourth-order valence-corrected chi connectivity index (χ4v) is 2.31. The van der Waals surface area contributed by atoms with Gasteiger partial charge in [-0.15, -0.1) is 0 Å². The second kappa shape index (κ2) is 7.48. The van der Waals surface area contributed by atoms with Crippen molar-refractivity contribution in [2.24, 2.45) is 5.73 Å². The van der Waals surface area contributed by atoms with E-state index in [4.69, 9.17) is 5.73 Å². The molecule has 1 aliphatic heterocycles. The Morgan fingerprint density at radius 2 is 1.67 bits per heavy atom. The zero-order valence-corrected chi connectivity index (χ0v) is 11.0. The number of benzene rings is 1. The first-order chi connectivity index (χ1) is 8.88. The molecule has 4 N–H and O–H groups in total. The number of rotatable bonds is 2. The van der Waals surface area contributed by atoms with Gasteiger partial charge in [0, 0.05) is 52.4 Å². The molecule has 0 saturated heterocycles. The Morgan fingerprint density at radius 1 is 1.06 bits per heavy atom. The average Bonchev–Trinajstić information content (AvgIpc) is 2.39. The van der Waals surface area contributed by atoms with Gasteiger partial charge in [0.05, 0.1) is 0 Å². The summed E-state index contributed by atoms with van der Waals surface area (Å²) in [4.78, 5) is 2.41. The summed E-state index contributed by atoms with van der Waals surface area (Å²) in [5, 5.41) is 6.99. The van der Waals surface area contributed by atoms with Crippen LogP contribution < -0.4 is 16.4 Å². The van der Waals surface area contributed by atoms with Gasteiger partial charge in [-0.25, -0.2) is 0 Å². The van der Waals surface area contributed by atoms with Crippen LogP contribution in [0.25, 0.3) is 0 Å². The lowest BCUT2D eigenvalue weighted by Gasteiger charge is -2.22. The summed E-state index contributed by atoms with van der Waals surface area (Å²) < 4.78 is 0. The average molecular weight is 248 g/mol. The Morgan fingerprint density at radius 3 is 2.22 bits per heavy atom. The van der Waals surface area contributed by atoms with E-state index in [1.165, 1.54) is 11.1 Å². The lowest BCUT2D eigenvalue weighted by atomic mass is 10.1. The molecule has 1 aromatic rings. The van der Waals surface area contributed by atoms with Crippen LogP contribution in [0.2, 0.25) is 0 Å². The van der Waals surface area contributed by atoms with Gasteiger partial charge in [-0.2, -0.15) is 0 Å². The maximum atomic E-state index is 5.64. The normalized spacial score (nSPS) is 18.9. The van der Waals surface area contributed by atoms with Crippen LogP contribution >= 0.6 is 0 Å². The predicted octanol–water partition coefficient (Wildman–Crippen LogP) is 0.140. The summed E-state index contributed by atoms with van der Waals surface area (Å²) in [6.45, 7) is 7.79. The molecule has 100 valence electrons. The van der Waals surface area contributed by atoms with Gasteiger partial charge in [0.2, 0.25) is 0 Å². The minimum Gasteiger partial charge on any atom is -0.329 e. The third kappa shape index (κ3) is 4.38. The van der Waals surface area contributed by atoms with Crippen molar-refractivity contribution in [2.45, 2.75) is 13.1 Å². The quantitative estimate of drug-likeness (QED) is 0.697. The number of hydrogen-bond donors (Lipinski definition) is 3.